The lowest BCUT2D eigenvalue weighted by molar-refractivity contribution is -0.384. The topological polar surface area (TPSA) is 124 Å². The van der Waals surface area contributed by atoms with E-state index in [0.29, 0.717) is 0 Å². The Labute approximate surface area is 198 Å². The number of anilines is 1. The number of carbonyl (C=O) groups is 4. The summed E-state index contributed by atoms with van der Waals surface area (Å²) in [5, 5.41) is 10.9. The first-order chi connectivity index (χ1) is 16.3. The summed E-state index contributed by atoms with van der Waals surface area (Å²) in [6, 6.07) is 9.67. The Hall–Kier alpha value is -3.59. The van der Waals surface area contributed by atoms with Crippen LogP contribution in [0.3, 0.4) is 0 Å². The smallest absolute Gasteiger partial charge is 0.340 e. The molecule has 2 aliphatic carbocycles. The minimum atomic E-state index is -0.881. The van der Waals surface area contributed by atoms with Crippen LogP contribution in [0.2, 0.25) is 5.02 Å². The fourth-order valence-electron chi connectivity index (χ4n) is 5.61. The van der Waals surface area contributed by atoms with Crippen molar-refractivity contribution in [3.63, 3.8) is 0 Å². The molecule has 1 saturated heterocycles. The van der Waals surface area contributed by atoms with Gasteiger partial charge >= 0.3 is 5.97 Å². The van der Waals surface area contributed by atoms with Gasteiger partial charge in [0.05, 0.1) is 28.0 Å². The van der Waals surface area contributed by atoms with Gasteiger partial charge < -0.3 is 4.74 Å². The molecule has 0 N–H and O–H groups in total. The van der Waals surface area contributed by atoms with E-state index in [-0.39, 0.29) is 57.3 Å². The number of nitrogens with zero attached hydrogens (tertiary/aromatic N) is 2. The molecule has 174 valence electrons. The van der Waals surface area contributed by atoms with Crippen molar-refractivity contribution in [3.8, 4) is 0 Å². The zero-order valence-corrected chi connectivity index (χ0v) is 18.6. The Bertz CT molecular complexity index is 1230. The normalized spacial score (nSPS) is 24.9. The van der Waals surface area contributed by atoms with Gasteiger partial charge in [0.25, 0.3) is 5.69 Å². The maximum absolute atomic E-state index is 13.2. The average molecular weight is 483 g/mol. The summed E-state index contributed by atoms with van der Waals surface area (Å²) >= 11 is 5.77. The van der Waals surface area contributed by atoms with E-state index in [0.717, 1.165) is 30.2 Å². The summed E-state index contributed by atoms with van der Waals surface area (Å²) in [4.78, 5) is 63.0. The van der Waals surface area contributed by atoms with E-state index in [1.165, 1.54) is 24.3 Å². The number of amides is 2. The lowest BCUT2D eigenvalue weighted by atomic mass is 9.81. The minimum absolute atomic E-state index is 0.00796. The summed E-state index contributed by atoms with van der Waals surface area (Å²) in [6.45, 7) is -0.677. The highest BCUT2D eigenvalue weighted by Gasteiger charge is 2.61. The number of nitro groups is 1. The fourth-order valence-corrected chi connectivity index (χ4v) is 5.79. The highest BCUT2D eigenvalue weighted by molar-refractivity contribution is 6.32. The molecular formula is C24H19ClN2O7. The molecule has 4 unspecified atom stereocenters. The maximum Gasteiger partial charge on any atom is 0.340 e. The first-order valence-corrected chi connectivity index (χ1v) is 11.3. The van der Waals surface area contributed by atoms with E-state index in [4.69, 9.17) is 16.3 Å². The van der Waals surface area contributed by atoms with Gasteiger partial charge in [-0.2, -0.15) is 0 Å². The first kappa shape index (κ1) is 22.2. The van der Waals surface area contributed by atoms with E-state index >= 15 is 0 Å². The van der Waals surface area contributed by atoms with E-state index in [2.05, 4.69) is 0 Å². The number of hydrogen-bond donors (Lipinski definition) is 0. The highest BCUT2D eigenvalue weighted by atomic mass is 35.5. The van der Waals surface area contributed by atoms with E-state index < -0.39 is 29.0 Å². The van der Waals surface area contributed by atoms with Gasteiger partial charge in [0, 0.05) is 11.6 Å². The summed E-state index contributed by atoms with van der Waals surface area (Å²) < 4.78 is 5.15. The molecular weight excluding hydrogens is 464 g/mol. The Morgan fingerprint density at radius 1 is 1.06 bits per heavy atom. The number of fused-ring (bicyclic) bond motifs is 5. The van der Waals surface area contributed by atoms with Gasteiger partial charge in [-0.3, -0.25) is 24.5 Å². The molecule has 0 radical (unpaired) electrons. The Morgan fingerprint density at radius 2 is 1.71 bits per heavy atom. The number of nitro benzene ring substituents is 1. The second-order valence-electron chi connectivity index (χ2n) is 8.84. The zero-order chi connectivity index (χ0) is 24.1. The van der Waals surface area contributed by atoms with Crippen LogP contribution in [0.4, 0.5) is 11.4 Å². The molecule has 9 nitrogen and oxygen atoms in total. The predicted octanol–water partition coefficient (Wildman–Crippen LogP) is 3.82. The van der Waals surface area contributed by atoms with Crippen molar-refractivity contribution in [1.29, 1.82) is 0 Å². The SMILES string of the molecule is O=C(COC(=O)c1ccccc1N1C(=O)C2C3CCC(C3)C2C1=O)c1ccc(Cl)c([N+](=O)[O-])c1. The van der Waals surface area contributed by atoms with Gasteiger partial charge in [0.2, 0.25) is 17.6 Å². The molecule has 2 aromatic carbocycles. The molecule has 1 heterocycles. The molecule has 2 saturated carbocycles. The van der Waals surface area contributed by atoms with Crippen LogP contribution in [0, 0.1) is 33.8 Å². The van der Waals surface area contributed by atoms with Crippen LogP contribution in [-0.4, -0.2) is 35.1 Å². The second kappa shape index (κ2) is 8.32. The number of ether oxygens (including phenoxy) is 1. The number of hydrogen-bond acceptors (Lipinski definition) is 7. The van der Waals surface area contributed by atoms with Crippen LogP contribution in [0.1, 0.15) is 40.0 Å². The molecule has 0 spiro atoms. The molecule has 34 heavy (non-hydrogen) atoms. The molecule has 3 aliphatic rings. The van der Waals surface area contributed by atoms with Gasteiger partial charge in [-0.25, -0.2) is 9.69 Å². The molecule has 3 fully saturated rings. The lowest BCUT2D eigenvalue weighted by Crippen LogP contribution is -2.34. The number of Topliss-reactive ketones (excluding diaryl/α,β-unsaturated/α-hetero) is 1. The van der Waals surface area contributed by atoms with Gasteiger partial charge in [0.15, 0.2) is 6.61 Å². The number of esters is 1. The predicted molar refractivity (Wildman–Crippen MR) is 119 cm³/mol. The van der Waals surface area contributed by atoms with Crippen molar-refractivity contribution >= 4 is 46.5 Å². The van der Waals surface area contributed by atoms with Gasteiger partial charge in [-0.1, -0.05) is 23.7 Å². The van der Waals surface area contributed by atoms with Crippen molar-refractivity contribution in [2.45, 2.75) is 19.3 Å². The molecule has 2 aromatic rings. The number of imide groups is 1. The van der Waals surface area contributed by atoms with Crippen molar-refractivity contribution in [3.05, 3.63) is 68.7 Å². The summed E-state index contributed by atoms with van der Waals surface area (Å²) in [5.41, 5.74) is -0.336. The van der Waals surface area contributed by atoms with Crippen LogP contribution in [-0.2, 0) is 14.3 Å². The molecule has 4 atom stereocenters. The van der Waals surface area contributed by atoms with Crippen LogP contribution < -0.4 is 4.90 Å². The van der Waals surface area contributed by atoms with Crippen molar-refractivity contribution in [1.82, 2.24) is 0 Å². The van der Waals surface area contributed by atoms with Crippen LogP contribution in [0.25, 0.3) is 0 Å². The minimum Gasteiger partial charge on any atom is -0.454 e. The van der Waals surface area contributed by atoms with Gasteiger partial charge in [0.1, 0.15) is 5.02 Å². The number of rotatable bonds is 6. The zero-order valence-electron chi connectivity index (χ0n) is 17.8. The third-order valence-corrected chi connectivity index (χ3v) is 7.41. The molecule has 0 aromatic heterocycles. The van der Waals surface area contributed by atoms with E-state index in [9.17, 15) is 29.3 Å². The average Bonchev–Trinajstić information content (AvgIpc) is 3.51. The largest absolute Gasteiger partial charge is 0.454 e. The van der Waals surface area contributed by atoms with Crippen LogP contribution >= 0.6 is 11.6 Å². The number of halogens is 1. The molecule has 5 rings (SSSR count). The quantitative estimate of drug-likeness (QED) is 0.201. The van der Waals surface area contributed by atoms with Crippen molar-refractivity contribution in [2.75, 3.05) is 11.5 Å². The fraction of sp³-hybridized carbons (Fsp3) is 0.333. The summed E-state index contributed by atoms with van der Waals surface area (Å²) in [5.74, 6) is -2.37. The molecule has 1 aliphatic heterocycles. The molecule has 2 bridgehead atoms. The molecule has 10 heteroatoms. The lowest BCUT2D eigenvalue weighted by Gasteiger charge is -2.19. The van der Waals surface area contributed by atoms with Gasteiger partial charge in [-0.15, -0.1) is 0 Å². The summed E-state index contributed by atoms with van der Waals surface area (Å²) in [7, 11) is 0. The third-order valence-electron chi connectivity index (χ3n) is 7.09. The Morgan fingerprint density at radius 3 is 2.35 bits per heavy atom. The van der Waals surface area contributed by atoms with Gasteiger partial charge in [-0.05, 0) is 55.4 Å². The number of benzene rings is 2. The second-order valence-corrected chi connectivity index (χ2v) is 9.24. The number of ketones is 1. The monoisotopic (exact) mass is 482 g/mol. The molecule has 2 amide bonds. The summed E-state index contributed by atoms with van der Waals surface area (Å²) in [6.07, 6.45) is 2.77. The number of para-hydroxylation sites is 1. The van der Waals surface area contributed by atoms with E-state index in [1.54, 1.807) is 12.1 Å². The first-order valence-electron chi connectivity index (χ1n) is 10.9. The van der Waals surface area contributed by atoms with E-state index in [1.807, 2.05) is 0 Å². The highest BCUT2D eigenvalue weighted by Crippen LogP contribution is 2.56. The van der Waals surface area contributed by atoms with Crippen LogP contribution in [0.5, 0.6) is 0 Å². The maximum atomic E-state index is 13.2. The third kappa shape index (κ3) is 3.47. The number of carbonyl (C=O) groups excluding carboxylic acids is 4. The Balaban J connectivity index is 1.34. The Kier molecular flexibility index (Phi) is 5.44. The van der Waals surface area contributed by atoms with Crippen molar-refractivity contribution in [2.24, 2.45) is 23.7 Å². The standard InChI is InChI=1S/C24H19ClN2O7/c25-16-8-7-12(10-18(16)27(32)33)19(28)11-34-24(31)15-3-1-2-4-17(15)26-22(29)20-13-5-6-14(9-13)21(20)23(26)30/h1-4,7-8,10,13-14,20-21H,5-6,9,11H2. The van der Waals surface area contributed by atoms with Crippen LogP contribution in [0.15, 0.2) is 42.5 Å². The van der Waals surface area contributed by atoms with Crippen molar-refractivity contribution < 1.29 is 28.8 Å².